The van der Waals surface area contributed by atoms with Crippen LogP contribution in [0.2, 0.25) is 0 Å². The summed E-state index contributed by atoms with van der Waals surface area (Å²) in [6.45, 7) is 2.75. The second-order valence-electron chi connectivity index (χ2n) is 5.46. The van der Waals surface area contributed by atoms with E-state index in [0.29, 0.717) is 6.54 Å². The molecular weight excluding hydrogens is 326 g/mol. The SMILES string of the molecule is O=[N+]([O-])c1ccc(CCNc2cc(N3CCSCC3)ncn2)cc1. The number of nitrogens with zero attached hydrogens (tertiary/aromatic N) is 4. The molecule has 2 aromatic rings. The van der Waals surface area contributed by atoms with Gasteiger partial charge >= 0.3 is 0 Å². The minimum absolute atomic E-state index is 0.117. The second kappa shape index (κ2) is 7.96. The number of anilines is 2. The standard InChI is InChI=1S/C16H19N5O2S/c22-21(23)14-3-1-13(2-4-14)5-6-17-15-11-16(19-12-18-15)20-7-9-24-10-8-20/h1-4,11-12H,5-10H2,(H,17,18,19). The fraction of sp³-hybridized carbons (Fsp3) is 0.375. The number of non-ortho nitro benzene ring substituents is 1. The third-order valence-electron chi connectivity index (χ3n) is 3.85. The van der Waals surface area contributed by atoms with Crippen molar-refractivity contribution in [3.63, 3.8) is 0 Å². The molecule has 1 saturated heterocycles. The molecule has 1 aromatic heterocycles. The largest absolute Gasteiger partial charge is 0.370 e. The zero-order valence-corrected chi connectivity index (χ0v) is 14.0. The first-order valence-corrected chi connectivity index (χ1v) is 9.00. The van der Waals surface area contributed by atoms with E-state index in [1.807, 2.05) is 17.8 Å². The molecule has 0 radical (unpaired) electrons. The summed E-state index contributed by atoms with van der Waals surface area (Å²) in [5, 5.41) is 13.9. The Kier molecular flexibility index (Phi) is 5.47. The van der Waals surface area contributed by atoms with Gasteiger partial charge in [-0.2, -0.15) is 11.8 Å². The van der Waals surface area contributed by atoms with E-state index in [1.54, 1.807) is 18.5 Å². The Balaban J connectivity index is 1.53. The number of hydrogen-bond acceptors (Lipinski definition) is 7. The molecule has 1 aromatic carbocycles. The second-order valence-corrected chi connectivity index (χ2v) is 6.69. The molecule has 0 atom stereocenters. The molecule has 0 amide bonds. The van der Waals surface area contributed by atoms with E-state index in [2.05, 4.69) is 20.2 Å². The Bertz CT molecular complexity index is 689. The maximum atomic E-state index is 10.6. The summed E-state index contributed by atoms with van der Waals surface area (Å²) in [6.07, 6.45) is 2.36. The predicted molar refractivity (Wildman–Crippen MR) is 96.9 cm³/mol. The van der Waals surface area contributed by atoms with Gasteiger partial charge < -0.3 is 10.2 Å². The zero-order chi connectivity index (χ0) is 16.8. The molecule has 24 heavy (non-hydrogen) atoms. The van der Waals surface area contributed by atoms with Gasteiger partial charge in [0.2, 0.25) is 0 Å². The van der Waals surface area contributed by atoms with Gasteiger partial charge in [-0.05, 0) is 12.0 Å². The number of rotatable bonds is 6. The first-order valence-electron chi connectivity index (χ1n) is 7.84. The Morgan fingerprint density at radius 2 is 1.96 bits per heavy atom. The van der Waals surface area contributed by atoms with E-state index in [9.17, 15) is 10.1 Å². The molecule has 1 aliphatic rings. The Morgan fingerprint density at radius 3 is 2.67 bits per heavy atom. The van der Waals surface area contributed by atoms with E-state index >= 15 is 0 Å². The van der Waals surface area contributed by atoms with Crippen LogP contribution in [-0.4, -0.2) is 46.0 Å². The first kappa shape index (κ1) is 16.5. The van der Waals surface area contributed by atoms with Crippen LogP contribution in [0.5, 0.6) is 0 Å². The van der Waals surface area contributed by atoms with Gasteiger partial charge in [0.15, 0.2) is 0 Å². The minimum Gasteiger partial charge on any atom is -0.370 e. The van der Waals surface area contributed by atoms with Gasteiger partial charge in [-0.25, -0.2) is 9.97 Å². The highest BCUT2D eigenvalue weighted by Gasteiger charge is 2.12. The van der Waals surface area contributed by atoms with Crippen LogP contribution in [0.4, 0.5) is 17.3 Å². The van der Waals surface area contributed by atoms with Gasteiger partial charge in [0, 0.05) is 49.3 Å². The summed E-state index contributed by atoms with van der Waals surface area (Å²) in [5.41, 5.74) is 1.17. The van der Waals surface area contributed by atoms with Gasteiger partial charge in [-0.15, -0.1) is 0 Å². The molecule has 3 rings (SSSR count). The molecule has 0 saturated carbocycles. The molecule has 126 valence electrons. The summed E-state index contributed by atoms with van der Waals surface area (Å²) >= 11 is 1.97. The number of aromatic nitrogens is 2. The van der Waals surface area contributed by atoms with Gasteiger partial charge in [0.05, 0.1) is 4.92 Å². The Morgan fingerprint density at radius 1 is 1.21 bits per heavy atom. The first-order chi connectivity index (χ1) is 11.7. The van der Waals surface area contributed by atoms with Crippen LogP contribution in [0, 0.1) is 10.1 Å². The number of hydrogen-bond donors (Lipinski definition) is 1. The van der Waals surface area contributed by atoms with E-state index < -0.39 is 0 Å². The number of nitro groups is 1. The van der Waals surface area contributed by atoms with E-state index in [1.165, 1.54) is 12.1 Å². The van der Waals surface area contributed by atoms with Gasteiger partial charge in [0.25, 0.3) is 5.69 Å². The normalized spacial score (nSPS) is 14.4. The van der Waals surface area contributed by atoms with E-state index in [-0.39, 0.29) is 10.6 Å². The Hall–Kier alpha value is -2.35. The fourth-order valence-corrected chi connectivity index (χ4v) is 3.43. The summed E-state index contributed by atoms with van der Waals surface area (Å²) in [7, 11) is 0. The van der Waals surface area contributed by atoms with Crippen LogP contribution in [0.25, 0.3) is 0 Å². The minimum atomic E-state index is -0.385. The van der Waals surface area contributed by atoms with Crippen LogP contribution < -0.4 is 10.2 Å². The monoisotopic (exact) mass is 345 g/mol. The van der Waals surface area contributed by atoms with Crippen molar-refractivity contribution in [3.05, 3.63) is 52.3 Å². The summed E-state index contributed by atoms with van der Waals surface area (Å²) in [5.74, 6) is 4.03. The number of nitrogens with one attached hydrogen (secondary N) is 1. The zero-order valence-electron chi connectivity index (χ0n) is 13.2. The molecule has 1 aliphatic heterocycles. The van der Waals surface area contributed by atoms with Crippen LogP contribution in [0.15, 0.2) is 36.7 Å². The van der Waals surface area contributed by atoms with Crippen molar-refractivity contribution in [1.82, 2.24) is 9.97 Å². The van der Waals surface area contributed by atoms with E-state index in [4.69, 9.17) is 0 Å². The lowest BCUT2D eigenvalue weighted by Gasteiger charge is -2.27. The molecule has 2 heterocycles. The summed E-state index contributed by atoms with van der Waals surface area (Å²) in [6, 6.07) is 8.62. The molecule has 0 unspecified atom stereocenters. The lowest BCUT2D eigenvalue weighted by atomic mass is 10.1. The summed E-state index contributed by atoms with van der Waals surface area (Å²) < 4.78 is 0. The predicted octanol–water partition coefficient (Wildman–Crippen LogP) is 2.59. The molecule has 0 bridgehead atoms. The quantitative estimate of drug-likeness (QED) is 0.636. The van der Waals surface area contributed by atoms with Crippen molar-refractivity contribution < 1.29 is 4.92 Å². The maximum absolute atomic E-state index is 10.6. The lowest BCUT2D eigenvalue weighted by Crippen LogP contribution is -2.33. The number of benzene rings is 1. The average Bonchev–Trinajstić information content (AvgIpc) is 2.63. The summed E-state index contributed by atoms with van der Waals surface area (Å²) in [4.78, 5) is 21.2. The molecular formula is C16H19N5O2S. The van der Waals surface area contributed by atoms with Crippen LogP contribution in [0.3, 0.4) is 0 Å². The van der Waals surface area contributed by atoms with Crippen molar-refractivity contribution in [2.75, 3.05) is 41.4 Å². The highest BCUT2D eigenvalue weighted by atomic mass is 32.2. The molecule has 7 nitrogen and oxygen atoms in total. The van der Waals surface area contributed by atoms with Crippen molar-refractivity contribution >= 4 is 29.1 Å². The smallest absolute Gasteiger partial charge is 0.269 e. The van der Waals surface area contributed by atoms with Crippen LogP contribution >= 0.6 is 11.8 Å². The third-order valence-corrected chi connectivity index (χ3v) is 4.80. The molecule has 1 N–H and O–H groups in total. The molecule has 0 aliphatic carbocycles. The third kappa shape index (κ3) is 4.35. The number of thioether (sulfide) groups is 1. The lowest BCUT2D eigenvalue weighted by molar-refractivity contribution is -0.384. The van der Waals surface area contributed by atoms with Crippen molar-refractivity contribution in [3.8, 4) is 0 Å². The van der Waals surface area contributed by atoms with Crippen LogP contribution in [0.1, 0.15) is 5.56 Å². The average molecular weight is 345 g/mol. The van der Waals surface area contributed by atoms with Crippen molar-refractivity contribution in [2.45, 2.75) is 6.42 Å². The molecule has 8 heteroatoms. The highest BCUT2D eigenvalue weighted by molar-refractivity contribution is 7.99. The van der Waals surface area contributed by atoms with Gasteiger partial charge in [0.1, 0.15) is 18.0 Å². The topological polar surface area (TPSA) is 84.2 Å². The maximum Gasteiger partial charge on any atom is 0.269 e. The Labute approximate surface area is 144 Å². The van der Waals surface area contributed by atoms with Crippen molar-refractivity contribution in [2.24, 2.45) is 0 Å². The van der Waals surface area contributed by atoms with E-state index in [0.717, 1.165) is 48.2 Å². The fourth-order valence-electron chi connectivity index (χ4n) is 2.53. The number of nitro benzene ring substituents is 1. The van der Waals surface area contributed by atoms with Crippen LogP contribution in [-0.2, 0) is 6.42 Å². The van der Waals surface area contributed by atoms with Crippen molar-refractivity contribution in [1.29, 1.82) is 0 Å². The van der Waals surface area contributed by atoms with Gasteiger partial charge in [-0.3, -0.25) is 10.1 Å². The highest BCUT2D eigenvalue weighted by Crippen LogP contribution is 2.19. The molecule has 0 spiro atoms. The molecule has 1 fully saturated rings. The van der Waals surface area contributed by atoms with Gasteiger partial charge in [-0.1, -0.05) is 12.1 Å².